The first-order valence-corrected chi connectivity index (χ1v) is 7.68. The topological polar surface area (TPSA) is 37.8 Å². The molecule has 2 aromatic rings. The number of nitrogens with zero attached hydrogens (tertiary/aromatic N) is 2. The zero-order chi connectivity index (χ0) is 14.0. The number of hydrogen-bond donors (Lipinski definition) is 1. The van der Waals surface area contributed by atoms with Gasteiger partial charge >= 0.3 is 0 Å². The first kappa shape index (κ1) is 14.8. The summed E-state index contributed by atoms with van der Waals surface area (Å²) in [6.07, 6.45) is 1.46. The van der Waals surface area contributed by atoms with Crippen molar-refractivity contribution in [1.82, 2.24) is 9.97 Å². The summed E-state index contributed by atoms with van der Waals surface area (Å²) in [5.41, 5.74) is 1.85. The van der Waals surface area contributed by atoms with Crippen molar-refractivity contribution in [2.75, 3.05) is 5.32 Å². The van der Waals surface area contributed by atoms with Gasteiger partial charge in [0.2, 0.25) is 0 Å². The highest BCUT2D eigenvalue weighted by atomic mass is 79.9. The highest BCUT2D eigenvalue weighted by molar-refractivity contribution is 9.11. The van der Waals surface area contributed by atoms with Crippen LogP contribution in [0, 0.1) is 0 Å². The molecule has 0 spiro atoms. The van der Waals surface area contributed by atoms with E-state index in [0.29, 0.717) is 5.15 Å². The smallest absolute Gasteiger partial charge is 0.138 e. The molecule has 0 bridgehead atoms. The zero-order valence-corrected chi connectivity index (χ0v) is 14.3. The van der Waals surface area contributed by atoms with Crippen molar-refractivity contribution in [3.63, 3.8) is 0 Å². The minimum absolute atomic E-state index is 0.241. The largest absolute Gasteiger partial charge is 0.339 e. The lowest BCUT2D eigenvalue weighted by Crippen LogP contribution is -2.03. The minimum atomic E-state index is 0.241. The monoisotopic (exact) mass is 403 g/mol. The Morgan fingerprint density at radius 3 is 2.58 bits per heavy atom. The molecule has 0 saturated carbocycles. The third-order valence-corrected chi connectivity index (χ3v) is 4.05. The van der Waals surface area contributed by atoms with Gasteiger partial charge in [-0.2, -0.15) is 0 Å². The number of aromatic nitrogens is 2. The summed E-state index contributed by atoms with van der Waals surface area (Å²) in [5, 5.41) is 3.77. The number of halogens is 3. The number of hydrogen-bond acceptors (Lipinski definition) is 3. The van der Waals surface area contributed by atoms with Crippen molar-refractivity contribution >= 4 is 55.0 Å². The lowest BCUT2D eigenvalue weighted by atomic mass is 10.1. The van der Waals surface area contributed by atoms with E-state index in [1.54, 1.807) is 0 Å². The van der Waals surface area contributed by atoms with E-state index in [4.69, 9.17) is 11.6 Å². The quantitative estimate of drug-likeness (QED) is 0.683. The highest BCUT2D eigenvalue weighted by Crippen LogP contribution is 2.33. The van der Waals surface area contributed by atoms with E-state index in [9.17, 15) is 0 Å². The van der Waals surface area contributed by atoms with Gasteiger partial charge in [-0.3, -0.25) is 0 Å². The van der Waals surface area contributed by atoms with Gasteiger partial charge in [0.1, 0.15) is 17.3 Å². The maximum absolute atomic E-state index is 6.15. The van der Waals surface area contributed by atoms with Gasteiger partial charge in [-0.1, -0.05) is 41.4 Å². The van der Waals surface area contributed by atoms with Gasteiger partial charge in [-0.15, -0.1) is 0 Å². The van der Waals surface area contributed by atoms with Crippen LogP contribution in [-0.4, -0.2) is 9.97 Å². The summed E-state index contributed by atoms with van der Waals surface area (Å²) in [6.45, 7) is 4.12. The average molecular weight is 406 g/mol. The van der Waals surface area contributed by atoms with E-state index in [-0.39, 0.29) is 5.92 Å². The summed E-state index contributed by atoms with van der Waals surface area (Å²) >= 11 is 13.1. The predicted octanol–water partition coefficient (Wildman–Crippen LogP) is 5.52. The van der Waals surface area contributed by atoms with Gasteiger partial charge in [0.25, 0.3) is 0 Å². The Morgan fingerprint density at radius 1 is 1.21 bits per heavy atom. The molecule has 0 aliphatic heterocycles. The fraction of sp³-hybridized carbons (Fsp3) is 0.231. The van der Waals surface area contributed by atoms with Gasteiger partial charge in [-0.05, 0) is 40.0 Å². The van der Waals surface area contributed by atoms with Gasteiger partial charge in [-0.25, -0.2) is 9.97 Å². The summed E-state index contributed by atoms with van der Waals surface area (Å²) in [7, 11) is 0. The molecule has 0 fully saturated rings. The van der Waals surface area contributed by atoms with Crippen LogP contribution in [0.25, 0.3) is 0 Å². The predicted molar refractivity (Wildman–Crippen MR) is 86.3 cm³/mol. The van der Waals surface area contributed by atoms with Gasteiger partial charge in [0.05, 0.1) is 5.69 Å². The third kappa shape index (κ3) is 3.46. The van der Waals surface area contributed by atoms with Crippen molar-refractivity contribution in [2.45, 2.75) is 19.8 Å². The Bertz CT molecular complexity index is 602. The van der Waals surface area contributed by atoms with Gasteiger partial charge in [0, 0.05) is 14.5 Å². The number of benzene rings is 1. The van der Waals surface area contributed by atoms with E-state index >= 15 is 0 Å². The molecule has 19 heavy (non-hydrogen) atoms. The van der Waals surface area contributed by atoms with Crippen molar-refractivity contribution in [2.24, 2.45) is 0 Å². The molecule has 2 rings (SSSR count). The molecule has 3 nitrogen and oxygen atoms in total. The Balaban J connectivity index is 2.41. The van der Waals surface area contributed by atoms with Crippen LogP contribution >= 0.6 is 43.5 Å². The molecule has 0 saturated heterocycles. The van der Waals surface area contributed by atoms with E-state index in [1.165, 1.54) is 6.33 Å². The Kier molecular flexibility index (Phi) is 4.81. The van der Waals surface area contributed by atoms with E-state index in [1.807, 2.05) is 18.2 Å². The lowest BCUT2D eigenvalue weighted by molar-refractivity contribution is 0.850. The first-order chi connectivity index (χ1) is 8.99. The normalized spacial score (nSPS) is 10.8. The first-order valence-electron chi connectivity index (χ1n) is 5.71. The van der Waals surface area contributed by atoms with Crippen molar-refractivity contribution in [3.8, 4) is 0 Å². The van der Waals surface area contributed by atoms with Crippen LogP contribution in [0.15, 0.2) is 33.5 Å². The third-order valence-electron chi connectivity index (χ3n) is 2.60. The van der Waals surface area contributed by atoms with Gasteiger partial charge in [0.15, 0.2) is 0 Å². The molecule has 0 amide bonds. The van der Waals surface area contributed by atoms with Crippen LogP contribution in [0.5, 0.6) is 0 Å². The molecule has 1 N–H and O–H groups in total. The zero-order valence-electron chi connectivity index (χ0n) is 10.4. The molecule has 0 radical (unpaired) electrons. The Hall–Kier alpha value is -0.650. The molecule has 0 atom stereocenters. The summed E-state index contributed by atoms with van der Waals surface area (Å²) < 4.78 is 1.96. The van der Waals surface area contributed by atoms with Crippen LogP contribution in [0.3, 0.4) is 0 Å². The fourth-order valence-corrected chi connectivity index (χ4v) is 3.20. The molecule has 0 aliphatic carbocycles. The Labute approximate surface area is 134 Å². The van der Waals surface area contributed by atoms with Crippen LogP contribution in [-0.2, 0) is 0 Å². The lowest BCUT2D eigenvalue weighted by Gasteiger charge is -2.15. The number of rotatable bonds is 3. The van der Waals surface area contributed by atoms with Crippen LogP contribution < -0.4 is 5.32 Å². The second-order valence-corrected chi connectivity index (χ2v) is 6.46. The second kappa shape index (κ2) is 6.20. The molecule has 100 valence electrons. The SMILES string of the molecule is CC(C)c1c(Cl)ncnc1Nc1ccc(Br)cc1Br. The summed E-state index contributed by atoms with van der Waals surface area (Å²) in [4.78, 5) is 8.31. The minimum Gasteiger partial charge on any atom is -0.339 e. The maximum Gasteiger partial charge on any atom is 0.138 e. The molecular formula is C13H12Br2ClN3. The molecule has 1 heterocycles. The summed E-state index contributed by atoms with van der Waals surface area (Å²) in [6, 6.07) is 5.90. The van der Waals surface area contributed by atoms with E-state index < -0.39 is 0 Å². The van der Waals surface area contributed by atoms with Crippen LogP contribution in [0.1, 0.15) is 25.3 Å². The Morgan fingerprint density at radius 2 is 1.95 bits per heavy atom. The average Bonchev–Trinajstić information content (AvgIpc) is 2.32. The van der Waals surface area contributed by atoms with Crippen LogP contribution in [0.2, 0.25) is 5.15 Å². The standard InChI is InChI=1S/C13H12Br2ClN3/c1-7(2)11-12(16)17-6-18-13(11)19-10-4-3-8(14)5-9(10)15/h3-7H,1-2H3,(H,17,18,19). The second-order valence-electron chi connectivity index (χ2n) is 4.33. The van der Waals surface area contributed by atoms with Crippen LogP contribution in [0.4, 0.5) is 11.5 Å². The summed E-state index contributed by atoms with van der Waals surface area (Å²) in [5.74, 6) is 0.975. The molecule has 0 aliphatic rings. The van der Waals surface area contributed by atoms with E-state index in [2.05, 4.69) is 61.0 Å². The number of nitrogens with one attached hydrogen (secondary N) is 1. The maximum atomic E-state index is 6.15. The highest BCUT2D eigenvalue weighted by Gasteiger charge is 2.14. The van der Waals surface area contributed by atoms with Crippen molar-refractivity contribution in [3.05, 3.63) is 44.2 Å². The van der Waals surface area contributed by atoms with Gasteiger partial charge < -0.3 is 5.32 Å². The molecular weight excluding hydrogens is 393 g/mol. The number of anilines is 2. The molecule has 1 aromatic carbocycles. The molecule has 6 heteroatoms. The van der Waals surface area contributed by atoms with Crippen molar-refractivity contribution in [1.29, 1.82) is 0 Å². The fourth-order valence-electron chi connectivity index (χ4n) is 1.70. The molecule has 0 unspecified atom stereocenters. The van der Waals surface area contributed by atoms with E-state index in [0.717, 1.165) is 26.0 Å². The molecule has 1 aromatic heterocycles. The van der Waals surface area contributed by atoms with Crippen molar-refractivity contribution < 1.29 is 0 Å².